The van der Waals surface area contributed by atoms with Crippen molar-refractivity contribution in [2.45, 2.75) is 282 Å². The number of hydrogen-bond acceptors (Lipinski definition) is 12. The predicted molar refractivity (Wildman–Crippen MR) is 562 cm³/mol. The van der Waals surface area contributed by atoms with E-state index in [1.807, 2.05) is 189 Å². The van der Waals surface area contributed by atoms with E-state index >= 15 is 0 Å². The number of nitrogens with one attached hydrogen (secondary N) is 6. The SMILES string of the molecule is CC(C)(C)C.CC(C)(C)C.CC(C)(C)C.CCC(=O)Nc1ccc2ccc(C(C)(C)C)cc2n1.CCC(=O)Nc1nc2cc(C(C)(C)C)ccc2cc1Br.CCC(=O)Nc1nc2cc(C(C)(C)C)ccc2cc1Cl.CCC(CC)C(=O)Nc1ccc2ccccc2n1.CCC(CC)C(=O)Nc1nc2ccccc2cc1Br.CCC(CC)C(=O)Nc1nc2ccccc2cc1Cl. The summed E-state index contributed by atoms with van der Waals surface area (Å²) >= 11 is 19.2. The van der Waals surface area contributed by atoms with Crippen molar-refractivity contribution in [2.75, 3.05) is 31.9 Å². The molecule has 0 bridgehead atoms. The summed E-state index contributed by atoms with van der Waals surface area (Å²) in [7, 11) is 0. The molecule has 6 aromatic heterocycles. The molecule has 0 fully saturated rings. The number of anilines is 6. The van der Waals surface area contributed by atoms with E-state index in [-0.39, 0.29) is 69.4 Å². The summed E-state index contributed by atoms with van der Waals surface area (Å²) in [6.07, 6.45) is 6.32. The number of hydrogen-bond donors (Lipinski definition) is 6. The number of carbonyl (C=O) groups excluding carboxylic acids is 6. The molecular weight excluding hydrogens is 1790 g/mol. The Bertz CT molecular complexity index is 5440. The van der Waals surface area contributed by atoms with Crippen molar-refractivity contribution >= 4 is 191 Å². The van der Waals surface area contributed by atoms with Crippen molar-refractivity contribution in [3.05, 3.63) is 212 Å². The van der Waals surface area contributed by atoms with E-state index in [9.17, 15) is 28.8 Å². The quantitative estimate of drug-likeness (QED) is 0.0469. The highest BCUT2D eigenvalue weighted by Gasteiger charge is 2.23. The molecule has 6 heterocycles. The Morgan fingerprint density at radius 1 is 0.277 bits per heavy atom. The van der Waals surface area contributed by atoms with Gasteiger partial charge in [0.1, 0.15) is 23.3 Å². The third-order valence-corrected chi connectivity index (χ3v) is 21.1. The highest BCUT2D eigenvalue weighted by molar-refractivity contribution is 9.11. The Labute approximate surface area is 802 Å². The number of pyridine rings is 6. The van der Waals surface area contributed by atoms with Crippen molar-refractivity contribution in [1.29, 1.82) is 0 Å². The fraction of sp³-hybridized carbons (Fsp3) is 0.444. The summed E-state index contributed by atoms with van der Waals surface area (Å²) in [5.74, 6) is 3.33. The van der Waals surface area contributed by atoms with Gasteiger partial charge in [0.05, 0.1) is 52.1 Å². The van der Waals surface area contributed by atoms with Gasteiger partial charge in [-0.3, -0.25) is 28.8 Å². The Hall–Kier alpha value is -9.86. The lowest BCUT2D eigenvalue weighted by Crippen LogP contribution is -2.22. The minimum atomic E-state index is -0.0919. The third kappa shape index (κ3) is 40.5. The van der Waals surface area contributed by atoms with Crippen LogP contribution in [0.3, 0.4) is 0 Å². The summed E-state index contributed by atoms with van der Waals surface area (Å²) in [4.78, 5) is 97.4. The molecule has 22 heteroatoms. The fourth-order valence-corrected chi connectivity index (χ4v) is 13.1. The number of fused-ring (bicyclic) bond motifs is 6. The average Bonchev–Trinajstić information content (AvgIpc) is 1.06. The van der Waals surface area contributed by atoms with Gasteiger partial charge < -0.3 is 31.9 Å². The first-order valence-electron chi connectivity index (χ1n) is 45.5. The molecule has 6 aromatic carbocycles. The van der Waals surface area contributed by atoms with E-state index in [1.165, 1.54) is 16.7 Å². The average molecular weight is 1940 g/mol. The van der Waals surface area contributed by atoms with E-state index in [0.717, 1.165) is 113 Å². The van der Waals surface area contributed by atoms with Gasteiger partial charge in [-0.1, -0.05) is 322 Å². The monoisotopic (exact) mass is 1930 g/mol. The number of carbonyl (C=O) groups is 6. The normalized spacial score (nSPS) is 11.4. The van der Waals surface area contributed by atoms with Crippen molar-refractivity contribution in [3.63, 3.8) is 0 Å². The van der Waals surface area contributed by atoms with E-state index in [4.69, 9.17) is 23.2 Å². The molecule has 12 rings (SSSR count). The van der Waals surface area contributed by atoms with Gasteiger partial charge >= 0.3 is 0 Å². The summed E-state index contributed by atoms with van der Waals surface area (Å²) < 4.78 is 1.61. The maximum Gasteiger partial charge on any atom is 0.228 e. The highest BCUT2D eigenvalue weighted by atomic mass is 79.9. The topological polar surface area (TPSA) is 252 Å². The van der Waals surface area contributed by atoms with Gasteiger partial charge in [-0.05, 0) is 204 Å². The molecule has 0 unspecified atom stereocenters. The van der Waals surface area contributed by atoms with Crippen molar-refractivity contribution < 1.29 is 28.8 Å². The molecule has 0 saturated heterocycles. The van der Waals surface area contributed by atoms with Crippen LogP contribution in [0.1, 0.15) is 282 Å². The summed E-state index contributed by atoms with van der Waals surface area (Å²) in [5, 5.41) is 24.1. The van der Waals surface area contributed by atoms with Crippen LogP contribution in [-0.4, -0.2) is 65.3 Å². The van der Waals surface area contributed by atoms with Gasteiger partial charge in [0.25, 0.3) is 0 Å². The van der Waals surface area contributed by atoms with Gasteiger partial charge in [0, 0.05) is 69.3 Å². The van der Waals surface area contributed by atoms with Crippen LogP contribution >= 0.6 is 55.1 Å². The minimum Gasteiger partial charge on any atom is -0.311 e. The van der Waals surface area contributed by atoms with Gasteiger partial charge in [0.2, 0.25) is 35.4 Å². The second-order valence-electron chi connectivity index (χ2n) is 39.9. The number of aromatic nitrogens is 6. The second-order valence-corrected chi connectivity index (χ2v) is 42.5. The number of amides is 6. The third-order valence-electron chi connectivity index (χ3n) is 19.3. The molecule has 18 nitrogen and oxygen atoms in total. The van der Waals surface area contributed by atoms with Crippen LogP contribution in [0.2, 0.25) is 10.0 Å². The van der Waals surface area contributed by atoms with Gasteiger partial charge in [-0.15, -0.1) is 0 Å². The first-order chi connectivity index (χ1) is 60.6. The van der Waals surface area contributed by atoms with Crippen LogP contribution in [0.15, 0.2) is 185 Å². The molecule has 130 heavy (non-hydrogen) atoms. The Morgan fingerprint density at radius 3 is 0.892 bits per heavy atom. The van der Waals surface area contributed by atoms with Crippen molar-refractivity contribution in [1.82, 2.24) is 29.9 Å². The van der Waals surface area contributed by atoms with Crippen LogP contribution in [0.25, 0.3) is 65.4 Å². The predicted octanol–water partition coefficient (Wildman–Crippen LogP) is 31.5. The lowest BCUT2D eigenvalue weighted by Gasteiger charge is -2.19. The second kappa shape index (κ2) is 52.4. The van der Waals surface area contributed by atoms with Crippen LogP contribution in [0, 0.1) is 34.0 Å². The standard InChI is InChI=1S/C16H19BrN2O.C16H19ClN2O.C16H20N2O.C15H17BrN2O.C15H17ClN2O.C15H18N2O.3C5H12/c2*1-5-14(20)19-15-12(17)8-10-6-7-11(16(2,3)4)9-13(10)18-15;1-5-15(19)18-14-9-7-11-6-8-12(16(2,3)4)10-13(11)17-14;2*1-3-10(4-2)15(19)18-14-12(16)9-11-7-5-6-8-13(11)17-14;1-3-11(4-2)15(18)17-14-10-9-12-7-5-6-8-13(12)16-14;3*1-5(2,3)4/h2*6-9H,5H2,1-4H3,(H,18,19,20);6-10H,5H2,1-4H3,(H,17,18,19);2*5-10H,3-4H2,1-2H3,(H,17,18,19);5-11H,3-4H2,1-2H3,(H,16,17,18);3*1-4H3. The molecule has 12 aromatic rings. The van der Waals surface area contributed by atoms with Crippen LogP contribution in [0.4, 0.5) is 34.9 Å². The maximum absolute atomic E-state index is 12.1. The smallest absolute Gasteiger partial charge is 0.228 e. The Balaban J connectivity index is 0.000000316. The lowest BCUT2D eigenvalue weighted by molar-refractivity contribution is -0.120. The van der Waals surface area contributed by atoms with Crippen molar-refractivity contribution in [3.8, 4) is 0 Å². The molecule has 6 amide bonds. The number of rotatable bonds is 18. The molecular formula is C108H146Br2Cl2N12O6. The van der Waals surface area contributed by atoms with Gasteiger partial charge in [0.15, 0.2) is 11.6 Å². The van der Waals surface area contributed by atoms with Crippen LogP contribution in [0.5, 0.6) is 0 Å². The zero-order chi connectivity index (χ0) is 98.0. The number of nitrogens with zero attached hydrogens (tertiary/aromatic N) is 6. The van der Waals surface area contributed by atoms with Crippen LogP contribution in [-0.2, 0) is 45.0 Å². The zero-order valence-corrected chi connectivity index (χ0v) is 87.7. The first-order valence-corrected chi connectivity index (χ1v) is 47.8. The fourth-order valence-electron chi connectivity index (χ4n) is 11.9. The van der Waals surface area contributed by atoms with E-state index < -0.39 is 0 Å². The van der Waals surface area contributed by atoms with Crippen molar-refractivity contribution in [2.24, 2.45) is 34.0 Å². The summed E-state index contributed by atoms with van der Waals surface area (Å²) in [6, 6.07) is 57.4. The van der Waals surface area contributed by atoms with E-state index in [0.29, 0.717) is 80.5 Å². The summed E-state index contributed by atoms with van der Waals surface area (Å²) in [5.41, 5.74) is 10.7. The van der Waals surface area contributed by atoms with Gasteiger partial charge in [-0.2, -0.15) is 0 Å². The van der Waals surface area contributed by atoms with Gasteiger partial charge in [-0.25, -0.2) is 29.9 Å². The maximum atomic E-state index is 12.1. The van der Waals surface area contributed by atoms with E-state index in [1.54, 1.807) is 6.92 Å². The molecule has 0 saturated carbocycles. The lowest BCUT2D eigenvalue weighted by atomic mass is 9.86. The zero-order valence-electron chi connectivity index (χ0n) is 83.0. The molecule has 0 aliphatic carbocycles. The Morgan fingerprint density at radius 2 is 0.515 bits per heavy atom. The number of para-hydroxylation sites is 3. The molecule has 0 aliphatic rings. The number of halogens is 4. The molecule has 0 aliphatic heterocycles. The molecule has 0 spiro atoms. The molecule has 0 radical (unpaired) electrons. The molecule has 6 N–H and O–H groups in total. The van der Waals surface area contributed by atoms with E-state index in [2.05, 4.69) is 282 Å². The Kier molecular flexibility index (Phi) is 45.3. The number of benzene rings is 6. The van der Waals surface area contributed by atoms with Crippen LogP contribution < -0.4 is 31.9 Å². The largest absolute Gasteiger partial charge is 0.311 e. The minimum absolute atomic E-state index is 0.00402. The first kappa shape index (κ1) is 112. The highest BCUT2D eigenvalue weighted by Crippen LogP contribution is 2.35. The summed E-state index contributed by atoms with van der Waals surface area (Å²) in [6.45, 7) is 63.3. The molecule has 702 valence electrons. The molecule has 0 atom stereocenters.